The molecule has 1 aromatic rings. The molecule has 0 spiro atoms. The van der Waals surface area contributed by atoms with Crippen LogP contribution in [0.5, 0.6) is 0 Å². The zero-order chi connectivity index (χ0) is 19.3. The van der Waals surface area contributed by atoms with Crippen molar-refractivity contribution in [3.63, 3.8) is 0 Å². The number of anilines is 1. The molecule has 3 atom stereocenters. The Hall–Kier alpha value is -2.16. The number of hydrogen-bond donors (Lipinski definition) is 3. The Kier molecular flexibility index (Phi) is 6.57. The van der Waals surface area contributed by atoms with Crippen molar-refractivity contribution in [3.05, 3.63) is 30.1 Å². The van der Waals surface area contributed by atoms with Gasteiger partial charge in [0.2, 0.25) is 5.91 Å². The summed E-state index contributed by atoms with van der Waals surface area (Å²) in [5.41, 5.74) is 0.425. The number of carbonyl (C=O) groups is 2. The highest BCUT2D eigenvalue weighted by molar-refractivity contribution is 7.91. The summed E-state index contributed by atoms with van der Waals surface area (Å²) in [7, 11) is -3.10. The van der Waals surface area contributed by atoms with Crippen LogP contribution < -0.4 is 16.0 Å². The van der Waals surface area contributed by atoms with Crippen LogP contribution >= 0.6 is 0 Å². The minimum absolute atomic E-state index is 0.0534. The first-order chi connectivity index (χ1) is 12.2. The molecule has 144 valence electrons. The molecular formula is C17H24FN3O4S. The Morgan fingerprint density at radius 2 is 1.92 bits per heavy atom. The smallest absolute Gasteiger partial charge is 0.315 e. The van der Waals surface area contributed by atoms with Crippen molar-refractivity contribution < 1.29 is 22.4 Å². The van der Waals surface area contributed by atoms with E-state index in [0.717, 1.165) is 0 Å². The molecule has 9 heteroatoms. The Morgan fingerprint density at radius 3 is 2.46 bits per heavy atom. The molecule has 1 saturated heterocycles. The topological polar surface area (TPSA) is 104 Å². The second-order valence-electron chi connectivity index (χ2n) is 6.58. The largest absolute Gasteiger partial charge is 0.334 e. The minimum Gasteiger partial charge on any atom is -0.334 e. The molecule has 3 amide bonds. The van der Waals surface area contributed by atoms with Crippen LogP contribution in [0.2, 0.25) is 0 Å². The van der Waals surface area contributed by atoms with E-state index in [1.165, 1.54) is 24.3 Å². The molecule has 0 unspecified atom stereocenters. The number of carbonyl (C=O) groups excluding carboxylic acids is 2. The van der Waals surface area contributed by atoms with Crippen molar-refractivity contribution in [3.8, 4) is 0 Å². The summed E-state index contributed by atoms with van der Waals surface area (Å²) in [6.07, 6.45) is 1.02. The molecule has 1 aromatic carbocycles. The molecule has 1 fully saturated rings. The number of urea groups is 1. The maximum Gasteiger partial charge on any atom is 0.315 e. The zero-order valence-electron chi connectivity index (χ0n) is 14.8. The normalized spacial score (nSPS) is 20.8. The Labute approximate surface area is 152 Å². The van der Waals surface area contributed by atoms with Gasteiger partial charge in [0.05, 0.1) is 11.5 Å². The van der Waals surface area contributed by atoms with Crippen molar-refractivity contribution >= 4 is 27.5 Å². The fourth-order valence-electron chi connectivity index (χ4n) is 2.73. The lowest BCUT2D eigenvalue weighted by Gasteiger charge is -2.24. The van der Waals surface area contributed by atoms with Crippen molar-refractivity contribution in [1.82, 2.24) is 10.6 Å². The predicted molar refractivity (Wildman–Crippen MR) is 97.0 cm³/mol. The average Bonchev–Trinajstić information content (AvgIpc) is 2.92. The lowest BCUT2D eigenvalue weighted by Crippen LogP contribution is -2.53. The van der Waals surface area contributed by atoms with E-state index < -0.39 is 39.7 Å². The number of sulfone groups is 1. The molecule has 1 heterocycles. The first kappa shape index (κ1) is 20.2. The van der Waals surface area contributed by atoms with E-state index in [0.29, 0.717) is 18.5 Å². The molecule has 26 heavy (non-hydrogen) atoms. The summed E-state index contributed by atoms with van der Waals surface area (Å²) < 4.78 is 35.9. The summed E-state index contributed by atoms with van der Waals surface area (Å²) in [6, 6.07) is 3.50. The van der Waals surface area contributed by atoms with Crippen LogP contribution in [0.3, 0.4) is 0 Å². The molecular weight excluding hydrogens is 361 g/mol. The van der Waals surface area contributed by atoms with Gasteiger partial charge in [-0.05, 0) is 36.6 Å². The molecule has 0 bridgehead atoms. The maximum absolute atomic E-state index is 13.0. The van der Waals surface area contributed by atoms with Gasteiger partial charge in [0, 0.05) is 11.7 Å². The highest BCUT2D eigenvalue weighted by Crippen LogP contribution is 2.14. The molecule has 7 nitrogen and oxygen atoms in total. The molecule has 0 aliphatic carbocycles. The average molecular weight is 385 g/mol. The third kappa shape index (κ3) is 5.69. The van der Waals surface area contributed by atoms with Gasteiger partial charge in [-0.15, -0.1) is 0 Å². The van der Waals surface area contributed by atoms with E-state index >= 15 is 0 Å². The van der Waals surface area contributed by atoms with Gasteiger partial charge in [-0.2, -0.15) is 0 Å². The van der Waals surface area contributed by atoms with Crippen molar-refractivity contribution in [2.75, 3.05) is 16.8 Å². The first-order valence-corrected chi connectivity index (χ1v) is 10.4. The Balaban J connectivity index is 1.98. The Morgan fingerprint density at radius 1 is 1.27 bits per heavy atom. The van der Waals surface area contributed by atoms with E-state index in [-0.39, 0.29) is 17.4 Å². The lowest BCUT2D eigenvalue weighted by atomic mass is 9.98. The van der Waals surface area contributed by atoms with Crippen LogP contribution in [0.25, 0.3) is 0 Å². The molecule has 1 aliphatic heterocycles. The van der Waals surface area contributed by atoms with Gasteiger partial charge in [-0.3, -0.25) is 4.79 Å². The molecule has 0 aromatic heterocycles. The third-order valence-corrected chi connectivity index (χ3v) is 6.23. The van der Waals surface area contributed by atoms with Crippen LogP contribution in [-0.2, 0) is 14.6 Å². The van der Waals surface area contributed by atoms with E-state index in [2.05, 4.69) is 16.0 Å². The van der Waals surface area contributed by atoms with Gasteiger partial charge in [0.1, 0.15) is 11.9 Å². The zero-order valence-corrected chi connectivity index (χ0v) is 15.6. The van der Waals surface area contributed by atoms with Gasteiger partial charge >= 0.3 is 6.03 Å². The standard InChI is InChI=1S/C17H24FN3O4S/c1-3-11(2)15(16(22)19-13-6-4-12(18)5-7-13)21-17(23)20-14-8-9-26(24,25)10-14/h4-7,11,14-15H,3,8-10H2,1-2H3,(H,19,22)(H2,20,21,23)/t11-,14+,15+/m1/s1. The molecule has 0 saturated carbocycles. The number of benzene rings is 1. The second-order valence-corrected chi connectivity index (χ2v) is 8.81. The molecule has 2 rings (SSSR count). The molecule has 1 aliphatic rings. The number of halogens is 1. The summed E-state index contributed by atoms with van der Waals surface area (Å²) in [6.45, 7) is 3.72. The van der Waals surface area contributed by atoms with Gasteiger partial charge in [-0.25, -0.2) is 17.6 Å². The number of hydrogen-bond acceptors (Lipinski definition) is 4. The van der Waals surface area contributed by atoms with Gasteiger partial charge < -0.3 is 16.0 Å². The summed E-state index contributed by atoms with van der Waals surface area (Å²) in [4.78, 5) is 24.7. The number of rotatable bonds is 6. The quantitative estimate of drug-likeness (QED) is 0.693. The van der Waals surface area contributed by atoms with Crippen LogP contribution in [0.15, 0.2) is 24.3 Å². The van der Waals surface area contributed by atoms with Crippen LogP contribution in [-0.4, -0.2) is 43.9 Å². The van der Waals surface area contributed by atoms with Crippen molar-refractivity contribution in [1.29, 1.82) is 0 Å². The fraction of sp³-hybridized carbons (Fsp3) is 0.529. The van der Waals surface area contributed by atoms with Gasteiger partial charge in [0.15, 0.2) is 9.84 Å². The second kappa shape index (κ2) is 8.48. The summed E-state index contributed by atoms with van der Waals surface area (Å²) >= 11 is 0. The van der Waals surface area contributed by atoms with E-state index in [1.54, 1.807) is 0 Å². The number of amides is 3. The highest BCUT2D eigenvalue weighted by atomic mass is 32.2. The van der Waals surface area contributed by atoms with Gasteiger partial charge in [0.25, 0.3) is 0 Å². The third-order valence-electron chi connectivity index (χ3n) is 4.46. The van der Waals surface area contributed by atoms with E-state index in [1.807, 2.05) is 13.8 Å². The van der Waals surface area contributed by atoms with E-state index in [4.69, 9.17) is 0 Å². The van der Waals surface area contributed by atoms with Crippen LogP contribution in [0.4, 0.5) is 14.9 Å². The highest BCUT2D eigenvalue weighted by Gasteiger charge is 2.31. The van der Waals surface area contributed by atoms with Crippen LogP contribution in [0, 0.1) is 11.7 Å². The van der Waals surface area contributed by atoms with E-state index in [9.17, 15) is 22.4 Å². The fourth-order valence-corrected chi connectivity index (χ4v) is 4.41. The Bertz CT molecular complexity index is 752. The molecule has 3 N–H and O–H groups in total. The van der Waals surface area contributed by atoms with Crippen LogP contribution in [0.1, 0.15) is 26.7 Å². The number of nitrogens with one attached hydrogen (secondary N) is 3. The van der Waals surface area contributed by atoms with Crippen molar-refractivity contribution in [2.24, 2.45) is 5.92 Å². The first-order valence-electron chi connectivity index (χ1n) is 8.54. The monoisotopic (exact) mass is 385 g/mol. The van der Waals surface area contributed by atoms with Gasteiger partial charge in [-0.1, -0.05) is 20.3 Å². The summed E-state index contributed by atoms with van der Waals surface area (Å²) in [5, 5.41) is 7.89. The SMILES string of the molecule is CC[C@@H](C)[C@H](NC(=O)N[C@H]1CCS(=O)(=O)C1)C(=O)Nc1ccc(F)cc1. The maximum atomic E-state index is 13.0. The molecule has 0 radical (unpaired) electrons. The lowest BCUT2D eigenvalue weighted by molar-refractivity contribution is -0.119. The predicted octanol–water partition coefficient (Wildman–Crippen LogP) is 1.67. The summed E-state index contributed by atoms with van der Waals surface area (Å²) in [5.74, 6) is -1.01. The minimum atomic E-state index is -3.10. The van der Waals surface area contributed by atoms with Crippen molar-refractivity contribution in [2.45, 2.75) is 38.8 Å².